The van der Waals surface area contributed by atoms with Gasteiger partial charge in [0.05, 0.1) is 19.8 Å². The molecule has 2 N–H and O–H groups in total. The van der Waals surface area contributed by atoms with Crippen molar-refractivity contribution in [2.24, 2.45) is 0 Å². The zero-order valence-electron chi connectivity index (χ0n) is 9.63. The van der Waals surface area contributed by atoms with Crippen LogP contribution in [0.2, 0.25) is 0 Å². The van der Waals surface area contributed by atoms with Crippen LogP contribution in [0.5, 0.6) is 0 Å². The molecule has 0 radical (unpaired) electrons. The van der Waals surface area contributed by atoms with E-state index < -0.39 is 16.0 Å². The van der Waals surface area contributed by atoms with E-state index in [1.165, 1.54) is 0 Å². The Labute approximate surface area is 96.8 Å². The Morgan fingerprint density at radius 2 is 1.62 bits per heavy atom. The van der Waals surface area contributed by atoms with Gasteiger partial charge in [0.2, 0.25) is 0 Å². The SMILES string of the molecule is CCCC[N+](CCO)(CCO)CS(=O)(=O)[O-]. The van der Waals surface area contributed by atoms with Crippen LogP contribution in [0.4, 0.5) is 0 Å². The fraction of sp³-hybridized carbons (Fsp3) is 1.00. The Morgan fingerprint density at radius 1 is 1.12 bits per heavy atom. The molecule has 0 heterocycles. The highest BCUT2D eigenvalue weighted by atomic mass is 32.2. The van der Waals surface area contributed by atoms with Crippen LogP contribution >= 0.6 is 0 Å². The van der Waals surface area contributed by atoms with Gasteiger partial charge in [-0.3, -0.25) is 0 Å². The molecule has 0 saturated heterocycles. The van der Waals surface area contributed by atoms with Crippen LogP contribution in [0, 0.1) is 0 Å². The summed E-state index contributed by atoms with van der Waals surface area (Å²) < 4.78 is 32.4. The average molecular weight is 255 g/mol. The Kier molecular flexibility index (Phi) is 7.09. The van der Waals surface area contributed by atoms with Gasteiger partial charge in [-0.15, -0.1) is 0 Å². The molecular weight excluding hydrogens is 234 g/mol. The second kappa shape index (κ2) is 7.18. The van der Waals surface area contributed by atoms with Gasteiger partial charge < -0.3 is 19.2 Å². The van der Waals surface area contributed by atoms with Crippen LogP contribution in [0.3, 0.4) is 0 Å². The second-order valence-electron chi connectivity index (χ2n) is 4.00. The number of rotatable bonds is 9. The highest BCUT2D eigenvalue weighted by molar-refractivity contribution is 7.85. The van der Waals surface area contributed by atoms with Crippen molar-refractivity contribution in [2.45, 2.75) is 19.8 Å². The number of quaternary nitrogens is 1. The first-order valence-electron chi connectivity index (χ1n) is 5.39. The third kappa shape index (κ3) is 6.39. The maximum Gasteiger partial charge on any atom is 0.169 e. The van der Waals surface area contributed by atoms with Crippen LogP contribution in [0.1, 0.15) is 19.8 Å². The summed E-state index contributed by atoms with van der Waals surface area (Å²) in [5.74, 6) is -0.561. The van der Waals surface area contributed by atoms with E-state index >= 15 is 0 Å². The molecule has 6 nitrogen and oxygen atoms in total. The van der Waals surface area contributed by atoms with E-state index in [4.69, 9.17) is 10.2 Å². The number of aliphatic hydroxyl groups excluding tert-OH is 2. The number of aliphatic hydroxyl groups is 2. The molecule has 0 aliphatic heterocycles. The topological polar surface area (TPSA) is 97.7 Å². The van der Waals surface area contributed by atoms with E-state index in [-0.39, 0.29) is 30.8 Å². The maximum atomic E-state index is 10.8. The average Bonchev–Trinajstić information content (AvgIpc) is 2.13. The summed E-state index contributed by atoms with van der Waals surface area (Å²) in [6.07, 6.45) is 1.63. The minimum Gasteiger partial charge on any atom is -0.744 e. The quantitative estimate of drug-likeness (QED) is 0.410. The van der Waals surface area contributed by atoms with Gasteiger partial charge in [0.1, 0.15) is 23.2 Å². The van der Waals surface area contributed by atoms with Gasteiger partial charge in [0.25, 0.3) is 0 Å². The molecule has 0 aliphatic carbocycles. The number of unbranched alkanes of at least 4 members (excludes halogenated alkanes) is 1. The van der Waals surface area contributed by atoms with Gasteiger partial charge in [-0.25, -0.2) is 8.42 Å². The van der Waals surface area contributed by atoms with E-state index in [1.807, 2.05) is 6.92 Å². The lowest BCUT2D eigenvalue weighted by molar-refractivity contribution is -0.918. The van der Waals surface area contributed by atoms with Crippen molar-refractivity contribution in [3.05, 3.63) is 0 Å². The molecule has 0 aromatic carbocycles. The summed E-state index contributed by atoms with van der Waals surface area (Å²) in [6.45, 7) is 2.42. The zero-order chi connectivity index (χ0) is 12.7. The lowest BCUT2D eigenvalue weighted by Crippen LogP contribution is -2.54. The number of hydrogen-bond donors (Lipinski definition) is 2. The van der Waals surface area contributed by atoms with Gasteiger partial charge in [0, 0.05) is 0 Å². The molecule has 0 atom stereocenters. The van der Waals surface area contributed by atoms with Crippen LogP contribution in [0.25, 0.3) is 0 Å². The van der Waals surface area contributed by atoms with Crippen molar-refractivity contribution in [3.63, 3.8) is 0 Å². The Morgan fingerprint density at radius 3 is 1.94 bits per heavy atom. The first-order valence-corrected chi connectivity index (χ1v) is 6.97. The zero-order valence-corrected chi connectivity index (χ0v) is 10.4. The van der Waals surface area contributed by atoms with Crippen LogP contribution in [0.15, 0.2) is 0 Å². The second-order valence-corrected chi connectivity index (χ2v) is 5.37. The van der Waals surface area contributed by atoms with Crippen molar-refractivity contribution in [1.29, 1.82) is 0 Å². The van der Waals surface area contributed by atoms with Gasteiger partial charge in [-0.2, -0.15) is 0 Å². The smallest absolute Gasteiger partial charge is 0.169 e. The summed E-state index contributed by atoms with van der Waals surface area (Å²) in [6, 6.07) is 0. The highest BCUT2D eigenvalue weighted by Crippen LogP contribution is 2.11. The summed E-state index contributed by atoms with van der Waals surface area (Å²) in [7, 11) is -4.36. The normalized spacial score (nSPS) is 13.0. The van der Waals surface area contributed by atoms with Crippen molar-refractivity contribution in [3.8, 4) is 0 Å². The highest BCUT2D eigenvalue weighted by Gasteiger charge is 2.28. The third-order valence-corrected chi connectivity index (χ3v) is 3.43. The van der Waals surface area contributed by atoms with E-state index in [1.54, 1.807) is 0 Å². The fourth-order valence-corrected chi connectivity index (χ4v) is 2.84. The molecule has 0 saturated carbocycles. The Balaban J connectivity index is 4.76. The summed E-state index contributed by atoms with van der Waals surface area (Å²) in [5, 5.41) is 17.9. The standard InChI is InChI=1S/C9H21NO5S/c1-2-3-4-10(5-7-11,6-8-12)9-16(13,14)15/h11-12H,2-9H2,1H3. The molecule has 98 valence electrons. The third-order valence-electron chi connectivity index (χ3n) is 2.57. The van der Waals surface area contributed by atoms with E-state index in [9.17, 15) is 13.0 Å². The lowest BCUT2D eigenvalue weighted by atomic mass is 10.2. The fourth-order valence-electron chi connectivity index (χ4n) is 1.78. The minimum atomic E-state index is -4.36. The minimum absolute atomic E-state index is 0.0489. The Hall–Kier alpha value is -0.210. The molecule has 0 aromatic heterocycles. The van der Waals surface area contributed by atoms with Crippen molar-refractivity contribution in [1.82, 2.24) is 0 Å². The molecule has 0 fully saturated rings. The van der Waals surface area contributed by atoms with Crippen molar-refractivity contribution >= 4 is 10.1 Å². The molecule has 7 heteroatoms. The molecule has 16 heavy (non-hydrogen) atoms. The van der Waals surface area contributed by atoms with Crippen molar-refractivity contribution in [2.75, 3.05) is 38.7 Å². The molecular formula is C9H21NO5S. The molecule has 0 aromatic rings. The molecule has 0 bridgehead atoms. The van der Waals surface area contributed by atoms with E-state index in [0.29, 0.717) is 6.54 Å². The van der Waals surface area contributed by atoms with Gasteiger partial charge in [0.15, 0.2) is 5.88 Å². The van der Waals surface area contributed by atoms with E-state index in [0.717, 1.165) is 12.8 Å². The summed E-state index contributed by atoms with van der Waals surface area (Å²) >= 11 is 0. The molecule has 0 rings (SSSR count). The van der Waals surface area contributed by atoms with Gasteiger partial charge in [-0.05, 0) is 6.42 Å². The van der Waals surface area contributed by atoms with Gasteiger partial charge in [-0.1, -0.05) is 13.3 Å². The summed E-state index contributed by atoms with van der Waals surface area (Å²) in [5.41, 5.74) is 0. The molecule has 0 unspecified atom stereocenters. The van der Waals surface area contributed by atoms with Gasteiger partial charge >= 0.3 is 0 Å². The predicted molar refractivity (Wildman–Crippen MR) is 58.5 cm³/mol. The predicted octanol–water partition coefficient (Wildman–Crippen LogP) is -0.909. The van der Waals surface area contributed by atoms with Crippen LogP contribution in [-0.2, 0) is 10.1 Å². The first kappa shape index (κ1) is 15.8. The maximum absolute atomic E-state index is 10.8. The molecule has 0 spiro atoms. The molecule has 0 aliphatic rings. The lowest BCUT2D eigenvalue weighted by Gasteiger charge is -2.38. The Bertz CT molecular complexity index is 272. The number of hydrogen-bond acceptors (Lipinski definition) is 5. The van der Waals surface area contributed by atoms with Crippen molar-refractivity contribution < 1.29 is 27.7 Å². The largest absolute Gasteiger partial charge is 0.744 e. The van der Waals surface area contributed by atoms with Crippen LogP contribution in [-0.4, -0.2) is 66.4 Å². The molecule has 0 amide bonds. The first-order chi connectivity index (χ1) is 7.39. The van der Waals surface area contributed by atoms with Crippen LogP contribution < -0.4 is 0 Å². The monoisotopic (exact) mass is 255 g/mol. The number of nitrogens with zero attached hydrogens (tertiary/aromatic N) is 1. The van der Waals surface area contributed by atoms with E-state index in [2.05, 4.69) is 0 Å². The summed E-state index contributed by atoms with van der Waals surface area (Å²) in [4.78, 5) is 0.